The van der Waals surface area contributed by atoms with Gasteiger partial charge in [-0.25, -0.2) is 9.78 Å². The number of nitrogens with zero attached hydrogens (tertiary/aromatic N) is 2. The summed E-state index contributed by atoms with van der Waals surface area (Å²) in [6.07, 6.45) is 4.22. The molecule has 0 fully saturated rings. The lowest BCUT2D eigenvalue weighted by Crippen LogP contribution is -2.59. The lowest BCUT2D eigenvalue weighted by molar-refractivity contribution is -0.141. The van der Waals surface area contributed by atoms with Crippen LogP contribution < -0.4 is 33.2 Å². The Kier molecular flexibility index (Phi) is 13.3. The summed E-state index contributed by atoms with van der Waals surface area (Å²) in [4.78, 5) is 60.7. The van der Waals surface area contributed by atoms with Gasteiger partial charge in [-0.15, -0.1) is 0 Å². The molecule has 0 saturated heterocycles. The van der Waals surface area contributed by atoms with Gasteiger partial charge in [-0.05, 0) is 18.8 Å². The van der Waals surface area contributed by atoms with Crippen molar-refractivity contribution in [1.82, 2.24) is 25.9 Å². The normalized spacial score (nSPS) is 15.0. The van der Waals surface area contributed by atoms with Crippen molar-refractivity contribution in [1.29, 1.82) is 0 Å². The second-order valence-corrected chi connectivity index (χ2v) is 8.72. The molecule has 36 heavy (non-hydrogen) atoms. The summed E-state index contributed by atoms with van der Waals surface area (Å²) in [5.74, 6) is -3.60. The first-order valence-electron chi connectivity index (χ1n) is 11.5. The van der Waals surface area contributed by atoms with Crippen LogP contribution in [0.2, 0.25) is 0 Å². The number of carboxylic acid groups (broad SMARTS) is 1. The molecule has 0 spiro atoms. The SMILES string of the molecule is CCC(C)C(NC(=O)C(N)CCCN=C(N)N)C(=O)NC(Cc1cnc[nH]1)C(=O)NC(CS)C(=O)O. The van der Waals surface area contributed by atoms with Crippen molar-refractivity contribution in [3.8, 4) is 0 Å². The zero-order chi connectivity index (χ0) is 27.3. The summed E-state index contributed by atoms with van der Waals surface area (Å²) in [5.41, 5.74) is 17.1. The highest BCUT2D eigenvalue weighted by Crippen LogP contribution is 2.10. The highest BCUT2D eigenvalue weighted by molar-refractivity contribution is 7.80. The molecule has 1 rings (SSSR count). The van der Waals surface area contributed by atoms with Crippen LogP contribution in [0.3, 0.4) is 0 Å². The number of thiol groups is 1. The third-order valence-corrected chi connectivity index (χ3v) is 5.87. The summed E-state index contributed by atoms with van der Waals surface area (Å²) >= 11 is 3.95. The summed E-state index contributed by atoms with van der Waals surface area (Å²) in [6, 6.07) is -4.27. The molecule has 0 aliphatic rings. The molecular weight excluding hydrogens is 490 g/mol. The minimum absolute atomic E-state index is 0.0158. The number of aromatic nitrogens is 2. The Morgan fingerprint density at radius 2 is 1.81 bits per heavy atom. The van der Waals surface area contributed by atoms with Gasteiger partial charge >= 0.3 is 5.97 Å². The molecule has 0 aliphatic heterocycles. The Labute approximate surface area is 215 Å². The third kappa shape index (κ3) is 10.5. The number of nitrogens with two attached hydrogens (primary N) is 3. The smallest absolute Gasteiger partial charge is 0.327 e. The predicted octanol–water partition coefficient (Wildman–Crippen LogP) is -2.15. The van der Waals surface area contributed by atoms with Crippen molar-refractivity contribution in [2.24, 2.45) is 28.1 Å². The van der Waals surface area contributed by atoms with E-state index in [1.165, 1.54) is 12.5 Å². The van der Waals surface area contributed by atoms with Crippen molar-refractivity contribution < 1.29 is 24.3 Å². The molecule has 0 aromatic carbocycles. The number of aliphatic carboxylic acids is 1. The van der Waals surface area contributed by atoms with Gasteiger partial charge in [0.25, 0.3) is 0 Å². The lowest BCUT2D eigenvalue weighted by Gasteiger charge is -2.27. The molecule has 0 saturated carbocycles. The molecule has 0 radical (unpaired) electrons. The van der Waals surface area contributed by atoms with Crippen LogP contribution in [0, 0.1) is 5.92 Å². The fraction of sp³-hybridized carbons (Fsp3) is 0.619. The third-order valence-electron chi connectivity index (χ3n) is 5.51. The molecule has 1 aromatic rings. The van der Waals surface area contributed by atoms with E-state index in [0.717, 1.165) is 0 Å². The second kappa shape index (κ2) is 15.6. The Morgan fingerprint density at radius 1 is 1.14 bits per heavy atom. The van der Waals surface area contributed by atoms with Crippen LogP contribution in [0.25, 0.3) is 0 Å². The molecule has 0 aliphatic carbocycles. The average Bonchev–Trinajstić information content (AvgIpc) is 3.34. The van der Waals surface area contributed by atoms with Gasteiger partial charge in [0.1, 0.15) is 18.1 Å². The van der Waals surface area contributed by atoms with Crippen LogP contribution in [-0.4, -0.2) is 81.2 Å². The van der Waals surface area contributed by atoms with Crippen LogP contribution >= 0.6 is 12.6 Å². The molecule has 1 aromatic heterocycles. The summed E-state index contributed by atoms with van der Waals surface area (Å²) in [6.45, 7) is 3.94. The molecule has 11 N–H and O–H groups in total. The molecule has 1 heterocycles. The van der Waals surface area contributed by atoms with Gasteiger partial charge in [0.05, 0.1) is 12.4 Å². The Balaban J connectivity index is 2.96. The van der Waals surface area contributed by atoms with Gasteiger partial charge in [0, 0.05) is 30.6 Å². The Morgan fingerprint density at radius 3 is 2.33 bits per heavy atom. The standard InChI is InChI=1S/C21H37N9O5S/c1-3-11(2)16(30-17(31)13(22)5-4-6-26-21(23)24)19(33)28-14(7-12-8-25-10-27-12)18(32)29-15(9-36)20(34)35/h8,10-11,13-16,36H,3-7,9,22H2,1-2H3,(H,25,27)(H,28,33)(H,29,32)(H,30,31)(H,34,35)(H4,23,24,26). The Hall–Kier alpha value is -3.33. The van der Waals surface area contributed by atoms with Gasteiger partial charge in [-0.3, -0.25) is 19.4 Å². The minimum atomic E-state index is -1.26. The number of carbonyl (C=O) groups is 4. The van der Waals surface area contributed by atoms with Crippen molar-refractivity contribution in [3.63, 3.8) is 0 Å². The van der Waals surface area contributed by atoms with Gasteiger partial charge in [0.2, 0.25) is 17.7 Å². The zero-order valence-corrected chi connectivity index (χ0v) is 21.3. The first kappa shape index (κ1) is 30.7. The number of imidazole rings is 1. The number of H-pyrrole nitrogens is 1. The highest BCUT2D eigenvalue weighted by atomic mass is 32.1. The van der Waals surface area contributed by atoms with E-state index in [9.17, 15) is 24.3 Å². The molecule has 15 heteroatoms. The maximum Gasteiger partial charge on any atom is 0.327 e. The van der Waals surface area contributed by atoms with Crippen molar-refractivity contribution in [2.75, 3.05) is 12.3 Å². The molecule has 0 bridgehead atoms. The number of guanidine groups is 1. The van der Waals surface area contributed by atoms with Crippen molar-refractivity contribution in [2.45, 2.75) is 63.7 Å². The summed E-state index contributed by atoms with van der Waals surface area (Å²) in [7, 11) is 0. The van der Waals surface area contributed by atoms with Gasteiger partial charge in [-0.2, -0.15) is 12.6 Å². The fourth-order valence-electron chi connectivity index (χ4n) is 3.16. The van der Waals surface area contributed by atoms with Gasteiger partial charge in [-0.1, -0.05) is 20.3 Å². The topological polar surface area (TPSA) is 244 Å². The average molecular weight is 528 g/mol. The second-order valence-electron chi connectivity index (χ2n) is 8.35. The number of rotatable bonds is 16. The predicted molar refractivity (Wildman–Crippen MR) is 137 cm³/mol. The van der Waals surface area contributed by atoms with E-state index >= 15 is 0 Å². The molecule has 5 atom stereocenters. The molecule has 202 valence electrons. The van der Waals surface area contributed by atoms with Crippen LogP contribution in [-0.2, 0) is 25.6 Å². The number of aromatic amines is 1. The lowest BCUT2D eigenvalue weighted by atomic mass is 9.97. The number of amides is 3. The largest absolute Gasteiger partial charge is 0.480 e. The maximum atomic E-state index is 13.2. The first-order valence-corrected chi connectivity index (χ1v) is 12.2. The molecule has 14 nitrogen and oxygen atoms in total. The zero-order valence-electron chi connectivity index (χ0n) is 20.4. The van der Waals surface area contributed by atoms with Crippen molar-refractivity contribution in [3.05, 3.63) is 18.2 Å². The van der Waals surface area contributed by atoms with E-state index < -0.39 is 47.9 Å². The van der Waals surface area contributed by atoms with Crippen LogP contribution in [0.1, 0.15) is 38.8 Å². The molecular formula is C21H37N9O5S. The van der Waals surface area contributed by atoms with E-state index in [-0.39, 0.29) is 24.1 Å². The van der Waals surface area contributed by atoms with Crippen molar-refractivity contribution >= 4 is 42.3 Å². The van der Waals surface area contributed by atoms with Crippen LogP contribution in [0.4, 0.5) is 0 Å². The van der Waals surface area contributed by atoms with E-state index in [1.807, 2.05) is 6.92 Å². The maximum absolute atomic E-state index is 13.2. The first-order chi connectivity index (χ1) is 17.0. The van der Waals surface area contributed by atoms with Gasteiger partial charge in [0.15, 0.2) is 5.96 Å². The number of hydrogen-bond donors (Lipinski definition) is 9. The summed E-state index contributed by atoms with van der Waals surface area (Å²) in [5, 5.41) is 16.9. The quantitative estimate of drug-likeness (QED) is 0.0491. The number of carboxylic acids is 1. The monoisotopic (exact) mass is 527 g/mol. The number of hydrogen-bond acceptors (Lipinski definition) is 8. The highest BCUT2D eigenvalue weighted by Gasteiger charge is 2.32. The number of carbonyl (C=O) groups excluding carboxylic acids is 3. The number of nitrogens with one attached hydrogen (secondary N) is 4. The van der Waals surface area contributed by atoms with Crippen LogP contribution in [0.5, 0.6) is 0 Å². The van der Waals surface area contributed by atoms with Gasteiger partial charge < -0.3 is 43.2 Å². The minimum Gasteiger partial charge on any atom is -0.480 e. The van der Waals surface area contributed by atoms with E-state index in [0.29, 0.717) is 31.5 Å². The van der Waals surface area contributed by atoms with Crippen LogP contribution in [0.15, 0.2) is 17.5 Å². The molecule has 3 amide bonds. The van der Waals surface area contributed by atoms with E-state index in [4.69, 9.17) is 17.2 Å². The fourth-order valence-corrected chi connectivity index (χ4v) is 3.40. The summed E-state index contributed by atoms with van der Waals surface area (Å²) < 4.78 is 0. The van der Waals surface area contributed by atoms with E-state index in [1.54, 1.807) is 6.92 Å². The molecule has 5 unspecified atom stereocenters. The number of aliphatic imine (C=N–C) groups is 1. The van der Waals surface area contributed by atoms with E-state index in [2.05, 4.69) is 43.5 Å². The Bertz CT molecular complexity index is 892.